The van der Waals surface area contributed by atoms with Crippen LogP contribution in [-0.4, -0.2) is 37.9 Å². The molecule has 0 saturated carbocycles. The molecule has 1 atom stereocenters. The van der Waals surface area contributed by atoms with Gasteiger partial charge in [-0.05, 0) is 44.9 Å². The van der Waals surface area contributed by atoms with Crippen LogP contribution in [0.15, 0.2) is 24.3 Å². The van der Waals surface area contributed by atoms with E-state index in [2.05, 4.69) is 45.1 Å². The van der Waals surface area contributed by atoms with E-state index in [-0.39, 0.29) is 18.5 Å². The zero-order valence-corrected chi connectivity index (χ0v) is 42.2. The van der Waals surface area contributed by atoms with Crippen LogP contribution in [0.2, 0.25) is 0 Å². The molecule has 62 heavy (non-hydrogen) atoms. The average Bonchev–Trinajstić information content (AvgIpc) is 3.27. The topological polar surface area (TPSA) is 61.8 Å². The summed E-state index contributed by atoms with van der Waals surface area (Å²) in [7, 11) is 0. The van der Waals surface area contributed by atoms with Crippen LogP contribution in [0.1, 0.15) is 303 Å². The van der Waals surface area contributed by atoms with Crippen molar-refractivity contribution in [3.8, 4) is 0 Å². The molecule has 0 N–H and O–H groups in total. The van der Waals surface area contributed by atoms with Crippen molar-refractivity contribution < 1.29 is 23.8 Å². The predicted octanol–water partition coefficient (Wildman–Crippen LogP) is 18.8. The molecule has 0 aromatic carbocycles. The smallest absolute Gasteiger partial charge is 0.306 e. The van der Waals surface area contributed by atoms with Gasteiger partial charge in [-0.2, -0.15) is 0 Å². The maximum Gasteiger partial charge on any atom is 0.306 e. The summed E-state index contributed by atoms with van der Waals surface area (Å²) >= 11 is 0. The van der Waals surface area contributed by atoms with Gasteiger partial charge in [0.25, 0.3) is 0 Å². The summed E-state index contributed by atoms with van der Waals surface area (Å²) in [5, 5.41) is 0. The quantitative estimate of drug-likeness (QED) is 0.0346. The van der Waals surface area contributed by atoms with Crippen molar-refractivity contribution in [3.63, 3.8) is 0 Å². The van der Waals surface area contributed by atoms with Gasteiger partial charge in [0, 0.05) is 19.4 Å². The van der Waals surface area contributed by atoms with Crippen molar-refractivity contribution in [2.24, 2.45) is 0 Å². The summed E-state index contributed by atoms with van der Waals surface area (Å²) in [4.78, 5) is 25.4. The van der Waals surface area contributed by atoms with Crippen LogP contribution in [0.5, 0.6) is 0 Å². The van der Waals surface area contributed by atoms with Gasteiger partial charge in [-0.1, -0.05) is 270 Å². The zero-order chi connectivity index (χ0) is 44.9. The van der Waals surface area contributed by atoms with E-state index in [0.717, 1.165) is 51.4 Å². The number of hydrogen-bond donors (Lipinski definition) is 0. The van der Waals surface area contributed by atoms with Crippen LogP contribution >= 0.6 is 0 Å². The molecule has 0 rings (SSSR count). The highest BCUT2D eigenvalue weighted by Gasteiger charge is 2.17. The number of allylic oxidation sites excluding steroid dienone is 4. The Labute approximate surface area is 387 Å². The third-order valence-electron chi connectivity index (χ3n) is 12.5. The highest BCUT2D eigenvalue weighted by molar-refractivity contribution is 5.70. The van der Waals surface area contributed by atoms with Crippen LogP contribution in [0.4, 0.5) is 0 Å². The molecule has 0 radical (unpaired) electrons. The molecule has 0 spiro atoms. The van der Waals surface area contributed by atoms with E-state index in [1.54, 1.807) is 0 Å². The molecule has 0 aliphatic rings. The van der Waals surface area contributed by atoms with Gasteiger partial charge in [0.1, 0.15) is 6.61 Å². The fraction of sp³-hybridized carbons (Fsp3) is 0.895. The van der Waals surface area contributed by atoms with Gasteiger partial charge >= 0.3 is 11.9 Å². The van der Waals surface area contributed by atoms with Crippen molar-refractivity contribution in [2.75, 3.05) is 19.8 Å². The van der Waals surface area contributed by atoms with Crippen LogP contribution in [-0.2, 0) is 23.8 Å². The van der Waals surface area contributed by atoms with Crippen molar-refractivity contribution in [3.05, 3.63) is 24.3 Å². The van der Waals surface area contributed by atoms with Crippen LogP contribution in [0, 0.1) is 0 Å². The Morgan fingerprint density at radius 1 is 0.355 bits per heavy atom. The van der Waals surface area contributed by atoms with Crippen molar-refractivity contribution >= 4 is 11.9 Å². The van der Waals surface area contributed by atoms with E-state index in [0.29, 0.717) is 26.1 Å². The summed E-state index contributed by atoms with van der Waals surface area (Å²) in [6, 6.07) is 0. The molecule has 1 unspecified atom stereocenters. The molecule has 0 aromatic rings. The maximum absolute atomic E-state index is 12.8. The summed E-state index contributed by atoms with van der Waals surface area (Å²) in [6.45, 7) is 7.82. The van der Waals surface area contributed by atoms with Gasteiger partial charge in [-0.15, -0.1) is 0 Å². The number of carbonyl (C=O) groups excluding carboxylic acids is 2. The lowest BCUT2D eigenvalue weighted by atomic mass is 10.0. The van der Waals surface area contributed by atoms with Gasteiger partial charge in [0.2, 0.25) is 0 Å². The molecule has 5 nitrogen and oxygen atoms in total. The zero-order valence-electron chi connectivity index (χ0n) is 42.2. The van der Waals surface area contributed by atoms with Gasteiger partial charge in [-0.3, -0.25) is 9.59 Å². The average molecular weight is 873 g/mol. The standard InChI is InChI=1S/C57H108O5/c1-4-7-10-13-16-19-22-25-27-28-29-31-34-37-40-43-46-49-52-60-53-55(62-57(59)51-48-45-42-39-36-32-24-21-18-15-12-9-6-3)54-61-56(58)50-47-44-41-38-35-33-30-26-23-20-17-14-11-8-5-2/h12,15,21,24,55H,4-11,13-14,16-20,22-23,25-54H2,1-3H3/b15-12-,24-21-. The van der Waals surface area contributed by atoms with E-state index < -0.39 is 6.10 Å². The summed E-state index contributed by atoms with van der Waals surface area (Å²) in [5.74, 6) is -0.392. The molecule has 366 valence electrons. The minimum atomic E-state index is -0.535. The van der Waals surface area contributed by atoms with E-state index >= 15 is 0 Å². The Hall–Kier alpha value is -1.62. The molecule has 5 heteroatoms. The number of esters is 2. The van der Waals surface area contributed by atoms with E-state index in [1.807, 2.05) is 0 Å². The molecule has 0 aliphatic heterocycles. The Morgan fingerprint density at radius 3 is 1.13 bits per heavy atom. The molecule has 0 aromatic heterocycles. The predicted molar refractivity (Wildman–Crippen MR) is 270 cm³/mol. The highest BCUT2D eigenvalue weighted by atomic mass is 16.6. The van der Waals surface area contributed by atoms with Gasteiger partial charge in [0.05, 0.1) is 6.61 Å². The lowest BCUT2D eigenvalue weighted by Crippen LogP contribution is -2.30. The Morgan fingerprint density at radius 2 is 0.710 bits per heavy atom. The molecule has 0 saturated heterocycles. The lowest BCUT2D eigenvalue weighted by Gasteiger charge is -2.18. The maximum atomic E-state index is 12.8. The first-order chi connectivity index (χ1) is 30.6. The first-order valence-corrected chi connectivity index (χ1v) is 27.9. The van der Waals surface area contributed by atoms with Crippen molar-refractivity contribution in [2.45, 2.75) is 309 Å². The number of rotatable bonds is 52. The second-order valence-electron chi connectivity index (χ2n) is 18.9. The first-order valence-electron chi connectivity index (χ1n) is 27.9. The normalized spacial score (nSPS) is 12.2. The first kappa shape index (κ1) is 60.4. The SMILES string of the molecule is CCC/C=C\C/C=C\CCCCCCCC(=O)OC(COCCCCCCCCCCCCCCCCCCCC)COC(=O)CCCCCCCCCCCCCCCCC. The van der Waals surface area contributed by atoms with Gasteiger partial charge in [0.15, 0.2) is 6.10 Å². The number of hydrogen-bond acceptors (Lipinski definition) is 5. The summed E-state index contributed by atoms with van der Waals surface area (Å²) < 4.78 is 17.5. The molecule has 0 aliphatic carbocycles. The second kappa shape index (κ2) is 53.7. The third-order valence-corrected chi connectivity index (χ3v) is 12.5. The lowest BCUT2D eigenvalue weighted by molar-refractivity contribution is -0.163. The van der Waals surface area contributed by atoms with Gasteiger partial charge < -0.3 is 14.2 Å². The number of unbranched alkanes of at least 4 members (excludes halogenated alkanes) is 37. The molecule has 0 amide bonds. The second-order valence-corrected chi connectivity index (χ2v) is 18.9. The Bertz CT molecular complexity index is 943. The van der Waals surface area contributed by atoms with E-state index in [9.17, 15) is 9.59 Å². The highest BCUT2D eigenvalue weighted by Crippen LogP contribution is 2.17. The molecule has 0 fully saturated rings. The van der Waals surface area contributed by atoms with E-state index in [1.165, 1.54) is 218 Å². The van der Waals surface area contributed by atoms with Crippen LogP contribution in [0.3, 0.4) is 0 Å². The molecule has 0 bridgehead atoms. The third kappa shape index (κ3) is 51.0. The number of carbonyl (C=O) groups is 2. The Kier molecular flexibility index (Phi) is 52.3. The summed E-state index contributed by atoms with van der Waals surface area (Å²) in [6.07, 6.45) is 63.4. The van der Waals surface area contributed by atoms with Crippen molar-refractivity contribution in [1.29, 1.82) is 0 Å². The van der Waals surface area contributed by atoms with Crippen LogP contribution in [0.25, 0.3) is 0 Å². The monoisotopic (exact) mass is 873 g/mol. The van der Waals surface area contributed by atoms with Crippen LogP contribution < -0.4 is 0 Å². The minimum absolute atomic E-state index is 0.0877. The molecular formula is C57H108O5. The fourth-order valence-electron chi connectivity index (χ4n) is 8.32. The van der Waals surface area contributed by atoms with E-state index in [4.69, 9.17) is 14.2 Å². The van der Waals surface area contributed by atoms with Gasteiger partial charge in [-0.25, -0.2) is 0 Å². The number of ether oxygens (including phenoxy) is 3. The summed E-state index contributed by atoms with van der Waals surface area (Å²) in [5.41, 5.74) is 0. The largest absolute Gasteiger partial charge is 0.462 e. The molecular weight excluding hydrogens is 765 g/mol. The Balaban J connectivity index is 4.20. The van der Waals surface area contributed by atoms with Crippen molar-refractivity contribution in [1.82, 2.24) is 0 Å². The molecule has 0 heterocycles. The minimum Gasteiger partial charge on any atom is -0.462 e. The fourth-order valence-corrected chi connectivity index (χ4v) is 8.32.